The zero-order valence-corrected chi connectivity index (χ0v) is 12.6. The first-order chi connectivity index (χ1) is 10.6. The Balaban J connectivity index is 1.89. The van der Waals surface area contributed by atoms with E-state index in [1.807, 2.05) is 0 Å². The van der Waals surface area contributed by atoms with Gasteiger partial charge in [0.1, 0.15) is 11.5 Å². The number of carbonyl (C=O) groups excluding carboxylic acids is 1. The maximum atomic E-state index is 11.9. The molecule has 0 saturated heterocycles. The lowest BCUT2D eigenvalue weighted by molar-refractivity contribution is -0.127. The van der Waals surface area contributed by atoms with Crippen molar-refractivity contribution in [3.8, 4) is 11.5 Å². The van der Waals surface area contributed by atoms with Gasteiger partial charge in [-0.25, -0.2) is 5.43 Å². The predicted octanol–water partition coefficient (Wildman–Crippen LogP) is 2.96. The van der Waals surface area contributed by atoms with Gasteiger partial charge in [-0.1, -0.05) is 23.7 Å². The number of hydrazone groups is 1. The van der Waals surface area contributed by atoms with Crippen LogP contribution in [-0.2, 0) is 4.79 Å². The number of phenolic OH excluding ortho intramolecular Hbond substituents is 1. The summed E-state index contributed by atoms with van der Waals surface area (Å²) in [5.41, 5.74) is 2.87. The first kappa shape index (κ1) is 15.9. The van der Waals surface area contributed by atoms with E-state index in [-0.39, 0.29) is 5.75 Å². The highest BCUT2D eigenvalue weighted by Gasteiger charge is 2.13. The van der Waals surface area contributed by atoms with Gasteiger partial charge in [-0.3, -0.25) is 4.79 Å². The molecule has 2 aromatic carbocycles. The van der Waals surface area contributed by atoms with Crippen LogP contribution in [0.2, 0.25) is 5.02 Å². The van der Waals surface area contributed by atoms with E-state index in [0.717, 1.165) is 0 Å². The quantitative estimate of drug-likeness (QED) is 0.657. The maximum Gasteiger partial charge on any atom is 0.280 e. The molecule has 0 aliphatic rings. The van der Waals surface area contributed by atoms with Gasteiger partial charge in [-0.05, 0) is 43.3 Å². The minimum atomic E-state index is -0.720. The van der Waals surface area contributed by atoms with E-state index in [4.69, 9.17) is 16.3 Å². The molecule has 0 heterocycles. The average molecular weight is 319 g/mol. The van der Waals surface area contributed by atoms with Gasteiger partial charge >= 0.3 is 0 Å². The molecule has 1 atom stereocenters. The number of carbonyl (C=O) groups is 1. The summed E-state index contributed by atoms with van der Waals surface area (Å²) >= 11 is 5.78. The Morgan fingerprint density at radius 2 is 1.95 bits per heavy atom. The number of ether oxygens (including phenoxy) is 1. The molecular weight excluding hydrogens is 304 g/mol. The van der Waals surface area contributed by atoms with Crippen LogP contribution in [0.5, 0.6) is 11.5 Å². The molecular formula is C16H15ClN2O3. The molecule has 0 aliphatic heterocycles. The number of phenols is 1. The number of benzene rings is 2. The molecule has 0 unspecified atom stereocenters. The van der Waals surface area contributed by atoms with E-state index in [1.54, 1.807) is 49.4 Å². The highest BCUT2D eigenvalue weighted by Crippen LogP contribution is 2.16. The molecule has 114 valence electrons. The van der Waals surface area contributed by atoms with Gasteiger partial charge in [0.15, 0.2) is 6.10 Å². The van der Waals surface area contributed by atoms with Crippen LogP contribution < -0.4 is 10.2 Å². The van der Waals surface area contributed by atoms with Gasteiger partial charge in [0.2, 0.25) is 0 Å². The summed E-state index contributed by atoms with van der Waals surface area (Å²) in [6, 6.07) is 13.4. The normalized spacial score (nSPS) is 12.1. The average Bonchev–Trinajstić information content (AvgIpc) is 2.51. The molecule has 0 aromatic heterocycles. The van der Waals surface area contributed by atoms with Crippen molar-refractivity contribution in [3.63, 3.8) is 0 Å². The van der Waals surface area contributed by atoms with Crippen LogP contribution in [0.4, 0.5) is 0 Å². The van der Waals surface area contributed by atoms with Crippen molar-refractivity contribution in [2.24, 2.45) is 5.10 Å². The minimum absolute atomic E-state index is 0.0889. The number of hydrogen-bond acceptors (Lipinski definition) is 4. The van der Waals surface area contributed by atoms with E-state index in [2.05, 4.69) is 10.5 Å². The molecule has 5 nitrogen and oxygen atoms in total. The van der Waals surface area contributed by atoms with Crippen LogP contribution in [0.25, 0.3) is 0 Å². The fraction of sp³-hybridized carbons (Fsp3) is 0.125. The first-order valence-electron chi connectivity index (χ1n) is 6.59. The van der Waals surface area contributed by atoms with Crippen LogP contribution in [0, 0.1) is 0 Å². The van der Waals surface area contributed by atoms with Crippen LogP contribution in [0.15, 0.2) is 53.6 Å². The molecule has 0 radical (unpaired) electrons. The Morgan fingerprint density at radius 3 is 2.64 bits per heavy atom. The first-order valence-corrected chi connectivity index (χ1v) is 6.97. The topological polar surface area (TPSA) is 70.9 Å². The number of aromatic hydroxyl groups is 1. The molecule has 2 rings (SSSR count). The Morgan fingerprint density at radius 1 is 1.27 bits per heavy atom. The molecule has 2 aromatic rings. The summed E-state index contributed by atoms with van der Waals surface area (Å²) in [4.78, 5) is 11.9. The van der Waals surface area contributed by atoms with Crippen molar-refractivity contribution in [2.75, 3.05) is 0 Å². The highest BCUT2D eigenvalue weighted by molar-refractivity contribution is 6.30. The molecule has 6 heteroatoms. The lowest BCUT2D eigenvalue weighted by Crippen LogP contribution is -2.33. The second-order valence-corrected chi connectivity index (χ2v) is 4.94. The van der Waals surface area contributed by atoms with Gasteiger partial charge in [-0.2, -0.15) is 5.10 Å². The second-order valence-electron chi connectivity index (χ2n) is 4.51. The molecule has 2 N–H and O–H groups in total. The third kappa shape index (κ3) is 4.49. The molecule has 0 fully saturated rings. The fourth-order valence-corrected chi connectivity index (χ4v) is 1.75. The standard InChI is InChI=1S/C16H15ClN2O3/c1-11(22-14-8-6-13(17)7-9-14)16(21)19-18-10-12-4-2-3-5-15(12)20/h2-11,20H,1H3,(H,19,21)/t11-/m0/s1. The van der Waals surface area contributed by atoms with Crippen LogP contribution in [-0.4, -0.2) is 23.3 Å². The van der Waals surface area contributed by atoms with Gasteiger partial charge in [-0.15, -0.1) is 0 Å². The van der Waals surface area contributed by atoms with E-state index < -0.39 is 12.0 Å². The smallest absolute Gasteiger partial charge is 0.280 e. The van der Waals surface area contributed by atoms with Crippen LogP contribution in [0.1, 0.15) is 12.5 Å². The number of rotatable bonds is 5. The fourth-order valence-electron chi connectivity index (χ4n) is 1.62. The van der Waals surface area contributed by atoms with Gasteiger partial charge in [0.25, 0.3) is 5.91 Å². The van der Waals surface area contributed by atoms with Crippen molar-refractivity contribution in [2.45, 2.75) is 13.0 Å². The van der Waals surface area contributed by atoms with Crippen LogP contribution in [0.3, 0.4) is 0 Å². The van der Waals surface area contributed by atoms with Gasteiger partial charge in [0.05, 0.1) is 6.21 Å². The molecule has 0 saturated carbocycles. The Hall–Kier alpha value is -2.53. The summed E-state index contributed by atoms with van der Waals surface area (Å²) in [7, 11) is 0. The Labute approximate surface area is 133 Å². The summed E-state index contributed by atoms with van der Waals surface area (Å²) in [6.07, 6.45) is 0.644. The predicted molar refractivity (Wildman–Crippen MR) is 85.4 cm³/mol. The zero-order chi connectivity index (χ0) is 15.9. The molecule has 0 spiro atoms. The van der Waals surface area contributed by atoms with Crippen molar-refractivity contribution in [1.29, 1.82) is 0 Å². The highest BCUT2D eigenvalue weighted by atomic mass is 35.5. The van der Waals surface area contributed by atoms with E-state index in [1.165, 1.54) is 12.3 Å². The molecule has 0 aliphatic carbocycles. The summed E-state index contributed by atoms with van der Waals surface area (Å²) in [5, 5.41) is 14.0. The third-order valence-electron chi connectivity index (χ3n) is 2.81. The Bertz CT molecular complexity index is 671. The van der Waals surface area contributed by atoms with Crippen molar-refractivity contribution < 1.29 is 14.6 Å². The van der Waals surface area contributed by atoms with E-state index in [9.17, 15) is 9.90 Å². The summed E-state index contributed by atoms with van der Waals surface area (Å²) < 4.78 is 5.46. The lowest BCUT2D eigenvalue weighted by Gasteiger charge is -2.12. The van der Waals surface area contributed by atoms with Crippen molar-refractivity contribution >= 4 is 23.7 Å². The number of hydrogen-bond donors (Lipinski definition) is 2. The Kier molecular flexibility index (Phi) is 5.38. The monoisotopic (exact) mass is 318 g/mol. The summed E-state index contributed by atoms with van der Waals surface area (Å²) in [6.45, 7) is 1.61. The van der Waals surface area contributed by atoms with Gasteiger partial charge < -0.3 is 9.84 Å². The molecule has 1 amide bonds. The third-order valence-corrected chi connectivity index (χ3v) is 3.06. The second kappa shape index (κ2) is 7.47. The molecule has 0 bridgehead atoms. The number of halogens is 1. The van der Waals surface area contributed by atoms with Crippen molar-refractivity contribution in [1.82, 2.24) is 5.43 Å². The van der Waals surface area contributed by atoms with E-state index in [0.29, 0.717) is 16.3 Å². The lowest BCUT2D eigenvalue weighted by atomic mass is 10.2. The van der Waals surface area contributed by atoms with Crippen molar-refractivity contribution in [3.05, 3.63) is 59.1 Å². The number of para-hydroxylation sites is 1. The van der Waals surface area contributed by atoms with E-state index >= 15 is 0 Å². The van der Waals surface area contributed by atoms with Crippen LogP contribution >= 0.6 is 11.6 Å². The SMILES string of the molecule is C[C@H](Oc1ccc(Cl)cc1)C(=O)NN=Cc1ccccc1O. The number of amides is 1. The molecule has 22 heavy (non-hydrogen) atoms. The number of nitrogens with one attached hydrogen (secondary N) is 1. The summed E-state index contributed by atoms with van der Waals surface area (Å²) in [5.74, 6) is 0.226. The minimum Gasteiger partial charge on any atom is -0.507 e. The largest absolute Gasteiger partial charge is 0.507 e. The zero-order valence-electron chi connectivity index (χ0n) is 11.9. The van der Waals surface area contributed by atoms with Gasteiger partial charge in [0, 0.05) is 10.6 Å². The number of nitrogens with zero attached hydrogens (tertiary/aromatic N) is 1. The maximum absolute atomic E-state index is 11.9.